The zero-order chi connectivity index (χ0) is 23.6. The van der Waals surface area contributed by atoms with E-state index >= 15 is 0 Å². The number of carbonyl (C=O) groups is 5. The van der Waals surface area contributed by atoms with Crippen LogP contribution in [0.15, 0.2) is 41.8 Å². The molecule has 0 unspecified atom stereocenters. The number of amides is 3. The van der Waals surface area contributed by atoms with E-state index < -0.39 is 18.5 Å². The molecule has 0 spiro atoms. The molecule has 3 amide bonds. The molecule has 33 heavy (non-hydrogen) atoms. The lowest BCUT2D eigenvalue weighted by molar-refractivity contribution is -0.147. The van der Waals surface area contributed by atoms with Crippen LogP contribution in [-0.2, 0) is 23.9 Å². The van der Waals surface area contributed by atoms with Gasteiger partial charge in [-0.25, -0.2) is 0 Å². The van der Waals surface area contributed by atoms with Crippen molar-refractivity contribution < 1.29 is 28.7 Å². The van der Waals surface area contributed by atoms with Crippen molar-refractivity contribution in [3.8, 4) is 0 Å². The summed E-state index contributed by atoms with van der Waals surface area (Å²) < 4.78 is 4.92. The van der Waals surface area contributed by atoms with Crippen LogP contribution in [-0.4, -0.2) is 49.2 Å². The zero-order valence-electron chi connectivity index (χ0n) is 18.0. The predicted octanol–water partition coefficient (Wildman–Crippen LogP) is 2.53. The number of nitrogens with zero attached hydrogens (tertiary/aromatic N) is 1. The highest BCUT2D eigenvalue weighted by Crippen LogP contribution is 2.23. The molecule has 0 radical (unpaired) electrons. The summed E-state index contributed by atoms with van der Waals surface area (Å²) >= 11 is 1.33. The number of ether oxygens (including phenoxy) is 1. The van der Waals surface area contributed by atoms with Crippen molar-refractivity contribution in [3.05, 3.63) is 46.7 Å². The monoisotopic (exact) mass is 471 g/mol. The molecule has 1 aliphatic heterocycles. The third-order valence-corrected chi connectivity index (χ3v) is 5.84. The quantitative estimate of drug-likeness (QED) is 0.384. The van der Waals surface area contributed by atoms with Crippen LogP contribution in [0.2, 0.25) is 0 Å². The number of carbonyl (C=O) groups excluding carboxylic acids is 5. The molecule has 2 heterocycles. The Bertz CT molecular complexity index is 1000. The first kappa shape index (κ1) is 24.1. The minimum atomic E-state index is -0.622. The van der Waals surface area contributed by atoms with Gasteiger partial charge in [-0.2, -0.15) is 0 Å². The minimum Gasteiger partial charge on any atom is -0.456 e. The maximum Gasteiger partial charge on any atom is 0.308 e. The molecule has 2 aromatic rings. The highest BCUT2D eigenvalue weighted by Gasteiger charge is 2.21. The van der Waals surface area contributed by atoms with E-state index in [0.29, 0.717) is 23.5 Å². The topological polar surface area (TPSA) is 122 Å². The number of thiophene rings is 1. The largest absolute Gasteiger partial charge is 0.456 e. The van der Waals surface area contributed by atoms with Gasteiger partial charge >= 0.3 is 5.97 Å². The number of Topliss-reactive ketones (excluding diaryl/α,β-unsaturated/α-hetero) is 1. The fourth-order valence-electron chi connectivity index (χ4n) is 3.24. The first-order valence-electron chi connectivity index (χ1n) is 10.6. The van der Waals surface area contributed by atoms with Crippen LogP contribution in [0.4, 0.5) is 11.4 Å². The molecule has 1 saturated heterocycles. The van der Waals surface area contributed by atoms with E-state index in [-0.39, 0.29) is 43.4 Å². The van der Waals surface area contributed by atoms with Crippen LogP contribution >= 0.6 is 11.3 Å². The Labute approximate surface area is 195 Å². The van der Waals surface area contributed by atoms with E-state index in [1.807, 2.05) is 0 Å². The first-order chi connectivity index (χ1) is 15.9. The third-order valence-electron chi connectivity index (χ3n) is 4.93. The fourth-order valence-corrected chi connectivity index (χ4v) is 3.94. The number of hydrogen-bond acceptors (Lipinski definition) is 7. The van der Waals surface area contributed by atoms with Crippen molar-refractivity contribution in [2.45, 2.75) is 32.1 Å². The number of nitrogens with one attached hydrogen (secondary N) is 2. The van der Waals surface area contributed by atoms with Crippen molar-refractivity contribution in [2.24, 2.45) is 0 Å². The number of benzene rings is 1. The van der Waals surface area contributed by atoms with Crippen molar-refractivity contribution in [1.29, 1.82) is 0 Å². The molecule has 0 atom stereocenters. The lowest BCUT2D eigenvalue weighted by atomic mass is 10.2. The van der Waals surface area contributed by atoms with Gasteiger partial charge in [0, 0.05) is 43.7 Å². The Hall–Kier alpha value is -3.53. The van der Waals surface area contributed by atoms with Gasteiger partial charge in [0.05, 0.1) is 11.3 Å². The predicted molar refractivity (Wildman–Crippen MR) is 123 cm³/mol. The molecule has 174 valence electrons. The van der Waals surface area contributed by atoms with Gasteiger partial charge in [-0.3, -0.25) is 24.0 Å². The van der Waals surface area contributed by atoms with Gasteiger partial charge in [0.2, 0.25) is 11.8 Å². The second kappa shape index (κ2) is 11.9. The number of esters is 1. The molecule has 2 N–H and O–H groups in total. The molecule has 1 fully saturated rings. The van der Waals surface area contributed by atoms with Gasteiger partial charge in [-0.15, -0.1) is 11.3 Å². The molecule has 9 nitrogen and oxygen atoms in total. The average molecular weight is 472 g/mol. The zero-order valence-corrected chi connectivity index (χ0v) is 18.8. The highest BCUT2D eigenvalue weighted by molar-refractivity contribution is 7.12. The van der Waals surface area contributed by atoms with Crippen LogP contribution in [0.5, 0.6) is 0 Å². The molecule has 0 aliphatic carbocycles. The number of anilines is 2. The van der Waals surface area contributed by atoms with Crippen LogP contribution < -0.4 is 15.5 Å². The van der Waals surface area contributed by atoms with Crippen molar-refractivity contribution in [1.82, 2.24) is 5.32 Å². The summed E-state index contributed by atoms with van der Waals surface area (Å²) in [6.45, 7) is 0.297. The van der Waals surface area contributed by atoms with Gasteiger partial charge in [0.25, 0.3) is 5.91 Å². The molecular formula is C23H25N3O6S. The minimum absolute atomic E-state index is 0.0406. The summed E-state index contributed by atoms with van der Waals surface area (Å²) in [6.07, 6.45) is 1.44. The van der Waals surface area contributed by atoms with Crippen molar-refractivity contribution in [3.63, 3.8) is 0 Å². The Morgan fingerprint density at radius 2 is 1.79 bits per heavy atom. The molecule has 10 heteroatoms. The van der Waals surface area contributed by atoms with Gasteiger partial charge in [0.1, 0.15) is 0 Å². The van der Waals surface area contributed by atoms with E-state index in [1.165, 1.54) is 11.3 Å². The Morgan fingerprint density at radius 3 is 2.45 bits per heavy atom. The van der Waals surface area contributed by atoms with Crippen molar-refractivity contribution in [2.75, 3.05) is 29.9 Å². The van der Waals surface area contributed by atoms with Gasteiger partial charge in [0.15, 0.2) is 12.4 Å². The molecule has 0 saturated carbocycles. The Morgan fingerprint density at radius 1 is 1.00 bits per heavy atom. The van der Waals surface area contributed by atoms with E-state index in [2.05, 4.69) is 10.6 Å². The maximum atomic E-state index is 12.0. The second-order valence-corrected chi connectivity index (χ2v) is 8.35. The first-order valence-corrected chi connectivity index (χ1v) is 11.5. The number of hydrogen-bond donors (Lipinski definition) is 2. The summed E-state index contributed by atoms with van der Waals surface area (Å²) in [7, 11) is 0. The molecule has 3 rings (SSSR count). The molecule has 1 aliphatic rings. The van der Waals surface area contributed by atoms with E-state index in [4.69, 9.17) is 4.74 Å². The van der Waals surface area contributed by atoms with Gasteiger partial charge in [-0.05, 0) is 42.1 Å². The number of rotatable bonds is 11. The summed E-state index contributed by atoms with van der Waals surface area (Å²) in [4.78, 5) is 61.5. The summed E-state index contributed by atoms with van der Waals surface area (Å²) in [5.74, 6) is -1.46. The fraction of sp³-hybridized carbons (Fsp3) is 0.348. The summed E-state index contributed by atoms with van der Waals surface area (Å²) in [6, 6.07) is 10.4. The molecule has 1 aromatic carbocycles. The van der Waals surface area contributed by atoms with E-state index in [0.717, 1.165) is 12.1 Å². The molecule has 1 aromatic heterocycles. The van der Waals surface area contributed by atoms with Gasteiger partial charge in [-0.1, -0.05) is 6.07 Å². The van der Waals surface area contributed by atoms with Crippen molar-refractivity contribution >= 4 is 52.2 Å². The van der Waals surface area contributed by atoms with Crippen LogP contribution in [0.1, 0.15) is 41.8 Å². The lowest BCUT2D eigenvalue weighted by Gasteiger charge is -2.16. The highest BCUT2D eigenvalue weighted by atomic mass is 32.1. The second-order valence-electron chi connectivity index (χ2n) is 7.41. The van der Waals surface area contributed by atoms with E-state index in [1.54, 1.807) is 46.7 Å². The lowest BCUT2D eigenvalue weighted by Crippen LogP contribution is -2.28. The third kappa shape index (κ3) is 7.53. The normalized spacial score (nSPS) is 13.0. The standard InChI is InChI=1S/C23H25N3O6S/c27-18(19-3-2-14-33-19)9-10-20(28)24-12-11-23(31)32-15-21(29)25-16-5-7-17(8-6-16)26-13-1-4-22(26)30/h2-3,5-8,14H,1,4,9-13,15H2,(H,24,28)(H,25,29). The Kier molecular flexibility index (Phi) is 8.71. The number of ketones is 1. The molecule has 0 bridgehead atoms. The van der Waals surface area contributed by atoms with Crippen LogP contribution in [0.25, 0.3) is 0 Å². The van der Waals surface area contributed by atoms with Crippen LogP contribution in [0, 0.1) is 0 Å². The van der Waals surface area contributed by atoms with E-state index in [9.17, 15) is 24.0 Å². The maximum absolute atomic E-state index is 12.0. The smallest absolute Gasteiger partial charge is 0.308 e. The molecular weight excluding hydrogens is 446 g/mol. The SMILES string of the molecule is O=C(CCC(=O)c1cccs1)NCCC(=O)OCC(=O)Nc1ccc(N2CCCC2=O)cc1. The Balaban J connectivity index is 1.28. The van der Waals surface area contributed by atoms with Crippen LogP contribution in [0.3, 0.4) is 0 Å². The summed E-state index contributed by atoms with van der Waals surface area (Å²) in [5.41, 5.74) is 1.30. The average Bonchev–Trinajstić information content (AvgIpc) is 3.49. The summed E-state index contributed by atoms with van der Waals surface area (Å²) in [5, 5.41) is 6.97. The van der Waals surface area contributed by atoms with Gasteiger partial charge < -0.3 is 20.3 Å².